The number of phosphoric acid groups is 1. The summed E-state index contributed by atoms with van der Waals surface area (Å²) in [6.45, 7) is 2.08. The van der Waals surface area contributed by atoms with Crippen LogP contribution in [0.25, 0.3) is 0 Å². The van der Waals surface area contributed by atoms with E-state index in [4.69, 9.17) is 29.3 Å². The first-order valence-electron chi connectivity index (χ1n) is 14.5. The summed E-state index contributed by atoms with van der Waals surface area (Å²) in [6.07, 6.45) is 25.6. The van der Waals surface area contributed by atoms with Crippen LogP contribution in [0.2, 0.25) is 5.82 Å². The Balaban J connectivity index is -0.000000548. The van der Waals surface area contributed by atoms with Crippen molar-refractivity contribution in [2.24, 2.45) is 0 Å². The summed E-state index contributed by atoms with van der Waals surface area (Å²) in [6, 6.07) is 10.3. The second-order valence-corrected chi connectivity index (χ2v) is 15.2. The molecule has 0 aliphatic heterocycles. The number of hydrogen-bond acceptors (Lipinski definition) is 6. The van der Waals surface area contributed by atoms with Crippen LogP contribution in [-0.4, -0.2) is 34.1 Å². The molecule has 0 unspecified atom stereocenters. The molecular formula is C28H48ArBK3O6P2. The summed E-state index contributed by atoms with van der Waals surface area (Å²) in [5.74, 6) is 0.213. The Morgan fingerprint density at radius 3 is 1.12 bits per heavy atom. The van der Waals surface area contributed by atoms with Crippen molar-refractivity contribution >= 4 is 22.9 Å². The Kier molecular flexibility index (Phi) is 38.4. The SMILES string of the molecule is C1CCC(P(C2CCCCC2)C2CCCCC2)CC1.Cc1ccccc1.O=P([O-])([O-])[O-].OB(O)C1CC1.[Ar].[K+].[K+].[K+]. The molecule has 4 aliphatic rings. The Morgan fingerprint density at radius 1 is 0.659 bits per heavy atom. The van der Waals surface area contributed by atoms with E-state index in [1.54, 1.807) is 77.0 Å². The van der Waals surface area contributed by atoms with Crippen molar-refractivity contribution in [1.29, 1.82) is 0 Å². The first kappa shape index (κ1) is 51.3. The van der Waals surface area contributed by atoms with Crippen LogP contribution in [0.1, 0.15) is 115 Å². The molecule has 4 aliphatic carbocycles. The van der Waals surface area contributed by atoms with Gasteiger partial charge in [-0.1, -0.05) is 114 Å². The van der Waals surface area contributed by atoms with Gasteiger partial charge < -0.3 is 29.3 Å². The van der Waals surface area contributed by atoms with E-state index >= 15 is 0 Å². The molecule has 1 aromatic carbocycles. The van der Waals surface area contributed by atoms with Gasteiger partial charge in [-0.05, 0) is 68.2 Å². The first-order chi connectivity index (χ1) is 17.6. The zero-order valence-electron chi connectivity index (χ0n) is 26.1. The van der Waals surface area contributed by atoms with Gasteiger partial charge in [-0.25, -0.2) is 0 Å². The second-order valence-electron chi connectivity index (χ2n) is 11.2. The molecule has 0 bridgehead atoms. The Bertz CT molecular complexity index is 711. The third-order valence-corrected chi connectivity index (χ3v) is 12.1. The standard InChI is InChI=1S/C18H33P.C7H8.C3H7BO2.Ar.3K.H3O4P/c1-4-10-16(11-5-1)19(17-12-6-2-7-13-17)18-14-8-3-9-15-18;1-7-5-3-2-4-6-7;5-4(6)3-1-2-3;;;;;1-5(2,3)4/h16-18H,1-15H2;2-6H,1H3;3,5-6H,1-2H2;;;;;(H3,1,2,3,4)/q;;;;3*+1;/p-3. The van der Waals surface area contributed by atoms with E-state index in [9.17, 15) is 0 Å². The van der Waals surface area contributed by atoms with Gasteiger partial charge in [-0.2, -0.15) is 7.82 Å². The Labute approximate surface area is 409 Å². The normalized spacial score (nSPS) is 19.4. The predicted molar refractivity (Wildman–Crippen MR) is 150 cm³/mol. The molecule has 6 nitrogen and oxygen atoms in total. The maximum absolute atomic E-state index is 8.55. The first-order valence-corrected chi connectivity index (χ1v) is 17.5. The topological polar surface area (TPSA) is 127 Å². The van der Waals surface area contributed by atoms with Gasteiger partial charge in [0, 0.05) is 37.7 Å². The third kappa shape index (κ3) is 27.3. The van der Waals surface area contributed by atoms with Crippen molar-refractivity contribution in [3.05, 3.63) is 35.9 Å². The van der Waals surface area contributed by atoms with Crippen LogP contribution < -0.4 is 169 Å². The van der Waals surface area contributed by atoms with E-state index in [0.29, 0.717) is 7.92 Å². The van der Waals surface area contributed by atoms with Crippen LogP contribution in [0.4, 0.5) is 0 Å². The Morgan fingerprint density at radius 2 is 0.951 bits per heavy atom. The third-order valence-electron chi connectivity index (χ3n) is 7.97. The largest absolute Gasteiger partial charge is 1.00 e. The number of benzene rings is 1. The maximum Gasteiger partial charge on any atom is 1.00 e. The van der Waals surface area contributed by atoms with Gasteiger partial charge in [0.2, 0.25) is 0 Å². The van der Waals surface area contributed by atoms with Crippen molar-refractivity contribution in [3.8, 4) is 0 Å². The fourth-order valence-electron chi connectivity index (χ4n) is 5.96. The molecule has 0 saturated heterocycles. The van der Waals surface area contributed by atoms with Crippen molar-refractivity contribution in [2.45, 2.75) is 139 Å². The minimum atomic E-state index is -5.39. The number of hydrogen-bond donors (Lipinski definition) is 2. The molecule has 0 amide bonds. The molecule has 0 atom stereocenters. The fourth-order valence-corrected chi connectivity index (χ4v) is 10.6. The monoisotopic (exact) mass is 710 g/mol. The van der Waals surface area contributed by atoms with Gasteiger partial charge in [0.15, 0.2) is 0 Å². The van der Waals surface area contributed by atoms with Crippen molar-refractivity contribution in [1.82, 2.24) is 0 Å². The van der Waals surface area contributed by atoms with Gasteiger partial charge in [-0.3, -0.25) is 0 Å². The quantitative estimate of drug-likeness (QED) is 0.245. The molecule has 0 heterocycles. The maximum atomic E-state index is 8.55. The van der Waals surface area contributed by atoms with Gasteiger partial charge >= 0.3 is 161 Å². The molecule has 220 valence electrons. The Hall–Kier alpha value is 5.91. The number of rotatable bonds is 4. The van der Waals surface area contributed by atoms with Crippen LogP contribution in [0, 0.1) is 44.7 Å². The summed E-state index contributed by atoms with van der Waals surface area (Å²) in [5.41, 5.74) is 4.89. The molecule has 0 aromatic heterocycles. The van der Waals surface area contributed by atoms with Crippen molar-refractivity contribution in [2.75, 3.05) is 0 Å². The predicted octanol–water partition coefficient (Wildman–Crippen LogP) is -3.73. The van der Waals surface area contributed by atoms with E-state index in [0.717, 1.165) is 12.8 Å². The van der Waals surface area contributed by atoms with Crippen LogP contribution in [0.3, 0.4) is 0 Å². The van der Waals surface area contributed by atoms with E-state index in [2.05, 4.69) is 19.1 Å². The van der Waals surface area contributed by atoms with Gasteiger partial charge in [0.1, 0.15) is 0 Å². The summed E-state index contributed by atoms with van der Waals surface area (Å²) in [7, 11) is -6.04. The van der Waals surface area contributed by atoms with E-state index in [1.807, 2.05) is 18.2 Å². The summed E-state index contributed by atoms with van der Waals surface area (Å²) >= 11 is 0. The smallest absolute Gasteiger partial charge is 0.822 e. The van der Waals surface area contributed by atoms with Gasteiger partial charge in [0.05, 0.1) is 0 Å². The molecular weight excluding hydrogens is 662 g/mol. The van der Waals surface area contributed by atoms with Gasteiger partial charge in [0.25, 0.3) is 0 Å². The molecule has 5 rings (SSSR count). The van der Waals surface area contributed by atoms with Crippen molar-refractivity contribution < 1.29 is 221 Å². The van der Waals surface area contributed by atoms with Crippen LogP contribution in [0.5, 0.6) is 0 Å². The van der Waals surface area contributed by atoms with E-state index in [-0.39, 0.29) is 198 Å². The van der Waals surface area contributed by atoms with E-state index in [1.165, 1.54) is 41.8 Å². The van der Waals surface area contributed by atoms with Crippen LogP contribution in [-0.2, 0) is 4.57 Å². The fraction of sp³-hybridized carbons (Fsp3) is 0.786. The molecule has 4 saturated carbocycles. The molecule has 1 aromatic rings. The van der Waals surface area contributed by atoms with Crippen LogP contribution >= 0.6 is 15.7 Å². The molecule has 2 N–H and O–H groups in total. The van der Waals surface area contributed by atoms with E-state index < -0.39 is 14.9 Å². The number of aryl methyl sites for hydroxylation is 1. The average Bonchev–Trinajstić information content (AvgIpc) is 3.73. The molecule has 13 heteroatoms. The molecule has 0 radical (unpaired) electrons. The summed E-state index contributed by atoms with van der Waals surface area (Å²) in [5, 5.41) is 16.5. The molecule has 4 fully saturated rings. The average molecular weight is 711 g/mol. The second kappa shape index (κ2) is 30.7. The van der Waals surface area contributed by atoms with Crippen molar-refractivity contribution in [3.63, 3.8) is 0 Å². The molecule has 41 heavy (non-hydrogen) atoms. The summed E-state index contributed by atoms with van der Waals surface area (Å²) < 4.78 is 8.55. The minimum Gasteiger partial charge on any atom is -0.822 e. The summed E-state index contributed by atoms with van der Waals surface area (Å²) in [4.78, 5) is 25.6. The zero-order valence-corrected chi connectivity index (χ0v) is 37.9. The zero-order chi connectivity index (χ0) is 27.1. The minimum absolute atomic E-state index is 0. The van der Waals surface area contributed by atoms with Crippen LogP contribution in [0.15, 0.2) is 30.3 Å². The molecule has 0 spiro atoms. The van der Waals surface area contributed by atoms with Gasteiger partial charge in [-0.15, -0.1) is 0 Å².